The van der Waals surface area contributed by atoms with Gasteiger partial charge in [0.1, 0.15) is 0 Å². The van der Waals surface area contributed by atoms with Gasteiger partial charge in [-0.05, 0) is 30.5 Å². The summed E-state index contributed by atoms with van der Waals surface area (Å²) in [5.41, 5.74) is 1.99. The summed E-state index contributed by atoms with van der Waals surface area (Å²) in [5, 5.41) is 9.52. The number of hydrogen-bond donors (Lipinski definition) is 0. The molecule has 2 heteroatoms. The molecule has 67 valence electrons. The zero-order valence-electron chi connectivity index (χ0n) is 7.55. The quantitative estimate of drug-likeness (QED) is 0.704. The van der Waals surface area contributed by atoms with Crippen LogP contribution in [0.2, 0.25) is 5.02 Å². The van der Waals surface area contributed by atoms with Crippen LogP contribution in [-0.2, 0) is 0 Å². The maximum atomic E-state index is 8.81. The zero-order chi connectivity index (χ0) is 9.84. The summed E-state index contributed by atoms with van der Waals surface area (Å²) < 4.78 is 0. The first-order chi connectivity index (χ1) is 6.19. The van der Waals surface area contributed by atoms with E-state index in [1.807, 2.05) is 25.1 Å². The minimum Gasteiger partial charge on any atom is -0.198 e. The largest absolute Gasteiger partial charge is 0.198 e. The molecule has 0 aromatic heterocycles. The Morgan fingerprint density at radius 1 is 1.62 bits per heavy atom. The molecule has 0 saturated carbocycles. The molecule has 0 aliphatic carbocycles. The molecule has 0 spiro atoms. The van der Waals surface area contributed by atoms with E-state index >= 15 is 0 Å². The number of nitriles is 1. The van der Waals surface area contributed by atoms with E-state index in [2.05, 4.69) is 13.0 Å². The fourth-order valence-corrected chi connectivity index (χ4v) is 1.32. The van der Waals surface area contributed by atoms with E-state index in [0.717, 1.165) is 11.1 Å². The van der Waals surface area contributed by atoms with Crippen LogP contribution in [0.5, 0.6) is 0 Å². The highest BCUT2D eigenvalue weighted by molar-refractivity contribution is 6.31. The topological polar surface area (TPSA) is 23.8 Å². The van der Waals surface area contributed by atoms with Crippen LogP contribution in [0.1, 0.15) is 23.5 Å². The van der Waals surface area contributed by atoms with Gasteiger partial charge in [0.15, 0.2) is 0 Å². The highest BCUT2D eigenvalue weighted by Gasteiger charge is 2.08. The predicted molar refractivity (Wildman–Crippen MR) is 54.5 cm³/mol. The molecule has 0 N–H and O–H groups in total. The second-order valence-electron chi connectivity index (χ2n) is 2.98. The van der Waals surface area contributed by atoms with Crippen molar-refractivity contribution in [1.29, 1.82) is 5.26 Å². The molecule has 0 fully saturated rings. The molecule has 0 bridgehead atoms. The van der Waals surface area contributed by atoms with Crippen molar-refractivity contribution in [2.24, 2.45) is 0 Å². The number of halogens is 1. The molecular formula is C11H11ClN. The Bertz CT molecular complexity index is 338. The van der Waals surface area contributed by atoms with Gasteiger partial charge in [0.25, 0.3) is 0 Å². The van der Waals surface area contributed by atoms with Crippen molar-refractivity contribution < 1.29 is 0 Å². The van der Waals surface area contributed by atoms with Gasteiger partial charge < -0.3 is 0 Å². The number of hydrogen-bond acceptors (Lipinski definition) is 1. The molecule has 1 unspecified atom stereocenters. The van der Waals surface area contributed by atoms with Crippen LogP contribution in [0.15, 0.2) is 18.2 Å². The third kappa shape index (κ3) is 2.23. The average molecular weight is 193 g/mol. The summed E-state index contributed by atoms with van der Waals surface area (Å²) in [5.74, 6) is -0.141. The van der Waals surface area contributed by atoms with E-state index in [1.54, 1.807) is 0 Å². The Hall–Kier alpha value is -1.00. The van der Waals surface area contributed by atoms with Crippen molar-refractivity contribution in [2.75, 3.05) is 0 Å². The molecule has 0 heterocycles. The second kappa shape index (κ2) is 4.30. The lowest BCUT2D eigenvalue weighted by Crippen LogP contribution is -1.93. The third-order valence-corrected chi connectivity index (χ3v) is 2.45. The standard InChI is InChI=1S/C11H11ClN/c1-3-9(7-13)10-5-4-8(2)11(12)6-10/h4-6,9H,1,3H2,2H3. The van der Waals surface area contributed by atoms with Crippen molar-refractivity contribution >= 4 is 11.6 Å². The summed E-state index contributed by atoms with van der Waals surface area (Å²) in [4.78, 5) is 0. The first kappa shape index (κ1) is 10.1. The van der Waals surface area contributed by atoms with E-state index in [0.29, 0.717) is 11.4 Å². The summed E-state index contributed by atoms with van der Waals surface area (Å²) in [6, 6.07) is 7.90. The van der Waals surface area contributed by atoms with Crippen LogP contribution in [0.25, 0.3) is 0 Å². The Balaban J connectivity index is 3.04. The number of rotatable bonds is 2. The van der Waals surface area contributed by atoms with Crippen molar-refractivity contribution in [3.63, 3.8) is 0 Å². The second-order valence-corrected chi connectivity index (χ2v) is 3.39. The highest BCUT2D eigenvalue weighted by Crippen LogP contribution is 2.23. The highest BCUT2D eigenvalue weighted by atomic mass is 35.5. The minimum atomic E-state index is -0.141. The smallest absolute Gasteiger partial charge is 0.0713 e. The number of nitrogens with zero attached hydrogens (tertiary/aromatic N) is 1. The fourth-order valence-electron chi connectivity index (χ4n) is 1.13. The Morgan fingerprint density at radius 3 is 2.77 bits per heavy atom. The maximum Gasteiger partial charge on any atom is 0.0713 e. The van der Waals surface area contributed by atoms with Gasteiger partial charge in [-0.1, -0.05) is 30.7 Å². The molecular weight excluding hydrogens is 182 g/mol. The normalized spacial score (nSPS) is 12.2. The number of aryl methyl sites for hydroxylation is 1. The van der Waals surface area contributed by atoms with Crippen LogP contribution in [0.3, 0.4) is 0 Å². The van der Waals surface area contributed by atoms with Gasteiger partial charge in [0, 0.05) is 5.02 Å². The van der Waals surface area contributed by atoms with Crippen LogP contribution in [0.4, 0.5) is 0 Å². The van der Waals surface area contributed by atoms with Gasteiger partial charge in [-0.3, -0.25) is 0 Å². The summed E-state index contributed by atoms with van der Waals surface area (Å²) in [6.45, 7) is 5.66. The first-order valence-electron chi connectivity index (χ1n) is 4.14. The summed E-state index contributed by atoms with van der Waals surface area (Å²) in [7, 11) is 0. The Kier molecular flexibility index (Phi) is 3.33. The predicted octanol–water partition coefficient (Wildman–Crippen LogP) is 3.48. The molecule has 1 aromatic rings. The molecule has 1 radical (unpaired) electrons. The summed E-state index contributed by atoms with van der Waals surface area (Å²) >= 11 is 5.94. The SMILES string of the molecule is [CH2]CC(C#N)c1ccc(C)c(Cl)c1. The van der Waals surface area contributed by atoms with E-state index < -0.39 is 0 Å². The minimum absolute atomic E-state index is 0.141. The fraction of sp³-hybridized carbons (Fsp3) is 0.273. The third-order valence-electron chi connectivity index (χ3n) is 2.04. The van der Waals surface area contributed by atoms with Crippen molar-refractivity contribution in [1.82, 2.24) is 0 Å². The van der Waals surface area contributed by atoms with Gasteiger partial charge >= 0.3 is 0 Å². The zero-order valence-corrected chi connectivity index (χ0v) is 8.30. The van der Waals surface area contributed by atoms with Gasteiger partial charge in [-0.15, -0.1) is 0 Å². The molecule has 1 rings (SSSR count). The van der Waals surface area contributed by atoms with Crippen molar-refractivity contribution in [3.05, 3.63) is 41.3 Å². The average Bonchev–Trinajstić information content (AvgIpc) is 2.13. The van der Waals surface area contributed by atoms with Gasteiger partial charge in [-0.2, -0.15) is 5.26 Å². The van der Waals surface area contributed by atoms with Crippen molar-refractivity contribution in [3.8, 4) is 6.07 Å². The molecule has 0 aliphatic heterocycles. The first-order valence-corrected chi connectivity index (χ1v) is 4.51. The molecule has 1 nitrogen and oxygen atoms in total. The van der Waals surface area contributed by atoms with E-state index in [1.165, 1.54) is 0 Å². The lowest BCUT2D eigenvalue weighted by atomic mass is 9.97. The van der Waals surface area contributed by atoms with Crippen LogP contribution in [0, 0.1) is 25.2 Å². The van der Waals surface area contributed by atoms with Gasteiger partial charge in [0.05, 0.1) is 12.0 Å². The van der Waals surface area contributed by atoms with Crippen molar-refractivity contribution in [2.45, 2.75) is 19.3 Å². The van der Waals surface area contributed by atoms with E-state index in [-0.39, 0.29) is 5.92 Å². The van der Waals surface area contributed by atoms with Crippen LogP contribution >= 0.6 is 11.6 Å². The molecule has 13 heavy (non-hydrogen) atoms. The molecule has 1 atom stereocenters. The Labute approximate surface area is 84.0 Å². The molecule has 0 aliphatic rings. The monoisotopic (exact) mass is 192 g/mol. The van der Waals surface area contributed by atoms with Gasteiger partial charge in [-0.25, -0.2) is 0 Å². The van der Waals surface area contributed by atoms with Crippen LogP contribution in [-0.4, -0.2) is 0 Å². The molecule has 0 saturated heterocycles. The van der Waals surface area contributed by atoms with E-state index in [9.17, 15) is 0 Å². The Morgan fingerprint density at radius 2 is 2.31 bits per heavy atom. The lowest BCUT2D eigenvalue weighted by Gasteiger charge is -2.07. The molecule has 1 aromatic carbocycles. The van der Waals surface area contributed by atoms with Gasteiger partial charge in [0.2, 0.25) is 0 Å². The maximum absolute atomic E-state index is 8.81. The molecule has 0 amide bonds. The lowest BCUT2D eigenvalue weighted by molar-refractivity contribution is 0.874. The number of benzene rings is 1. The van der Waals surface area contributed by atoms with Crippen LogP contribution < -0.4 is 0 Å². The summed E-state index contributed by atoms with van der Waals surface area (Å²) in [6.07, 6.45) is 0.579. The van der Waals surface area contributed by atoms with E-state index in [4.69, 9.17) is 16.9 Å².